The van der Waals surface area contributed by atoms with Gasteiger partial charge in [-0.3, -0.25) is 0 Å². The number of rotatable bonds is 7. The fraction of sp³-hybridized carbons (Fsp3) is 0.846. The van der Waals surface area contributed by atoms with Gasteiger partial charge in [-0.05, 0) is 31.1 Å². The number of aliphatic imine (C=N–C) groups is 2. The molecule has 1 aliphatic carbocycles. The molecule has 0 heterocycles. The predicted molar refractivity (Wildman–Crippen MR) is 65.3 cm³/mol. The van der Waals surface area contributed by atoms with Gasteiger partial charge in [0, 0.05) is 0 Å². The largest absolute Gasteiger partial charge is 0.234 e. The lowest BCUT2D eigenvalue weighted by molar-refractivity contribution is 0.255. The summed E-state index contributed by atoms with van der Waals surface area (Å²) < 4.78 is 0. The van der Waals surface area contributed by atoms with Crippen LogP contribution in [0.3, 0.4) is 0 Å². The lowest BCUT2D eigenvalue weighted by atomic mass is 9.79. The van der Waals surface area contributed by atoms with Crippen LogP contribution in [-0.4, -0.2) is 25.2 Å². The standard InChI is InChI=1S/C13H20N2O2/c16-10-14-7-2-1-4-12-5-3-6-13(8-12)9-15-11-17/h12-13H,1-9H2. The Hall–Kier alpha value is -1.24. The van der Waals surface area contributed by atoms with Crippen molar-refractivity contribution in [1.82, 2.24) is 0 Å². The third kappa shape index (κ3) is 6.15. The van der Waals surface area contributed by atoms with Crippen LogP contribution in [-0.2, 0) is 9.59 Å². The van der Waals surface area contributed by atoms with Crippen molar-refractivity contribution < 1.29 is 9.59 Å². The molecule has 1 aliphatic rings. The maximum absolute atomic E-state index is 10.1. The van der Waals surface area contributed by atoms with Crippen LogP contribution in [0, 0.1) is 11.8 Å². The van der Waals surface area contributed by atoms with E-state index in [1.807, 2.05) is 0 Å². The maximum Gasteiger partial charge on any atom is 0.234 e. The molecule has 0 spiro atoms. The van der Waals surface area contributed by atoms with E-state index >= 15 is 0 Å². The Kier molecular flexibility index (Phi) is 7.20. The molecule has 0 bridgehead atoms. The van der Waals surface area contributed by atoms with E-state index < -0.39 is 0 Å². The summed E-state index contributed by atoms with van der Waals surface area (Å²) in [6.45, 7) is 1.25. The zero-order valence-corrected chi connectivity index (χ0v) is 10.2. The lowest BCUT2D eigenvalue weighted by Crippen LogP contribution is -2.17. The first-order valence-corrected chi connectivity index (χ1v) is 6.44. The Balaban J connectivity index is 2.15. The average molecular weight is 236 g/mol. The molecule has 0 aromatic heterocycles. The van der Waals surface area contributed by atoms with Crippen LogP contribution >= 0.6 is 0 Å². The Morgan fingerprint density at radius 1 is 1.00 bits per heavy atom. The highest BCUT2D eigenvalue weighted by Crippen LogP contribution is 2.32. The summed E-state index contributed by atoms with van der Waals surface area (Å²) in [5.74, 6) is 1.33. The van der Waals surface area contributed by atoms with Crippen molar-refractivity contribution >= 4 is 12.2 Å². The first-order valence-electron chi connectivity index (χ1n) is 6.44. The molecular weight excluding hydrogens is 216 g/mol. The SMILES string of the molecule is O=C=NCCCCC1CCCC(CN=C=O)C1. The third-order valence-electron chi connectivity index (χ3n) is 3.50. The van der Waals surface area contributed by atoms with E-state index in [1.54, 1.807) is 12.2 Å². The molecule has 0 radical (unpaired) electrons. The van der Waals surface area contributed by atoms with Crippen LogP contribution in [0.5, 0.6) is 0 Å². The average Bonchev–Trinajstić information content (AvgIpc) is 2.37. The van der Waals surface area contributed by atoms with Crippen LogP contribution in [0.2, 0.25) is 0 Å². The van der Waals surface area contributed by atoms with E-state index in [4.69, 9.17) is 0 Å². The topological polar surface area (TPSA) is 58.9 Å². The number of isocyanates is 2. The van der Waals surface area contributed by atoms with Gasteiger partial charge in [-0.1, -0.05) is 25.7 Å². The van der Waals surface area contributed by atoms with Gasteiger partial charge in [0.2, 0.25) is 12.2 Å². The zero-order chi connectivity index (χ0) is 12.3. The second-order valence-corrected chi connectivity index (χ2v) is 4.80. The lowest BCUT2D eigenvalue weighted by Gasteiger charge is -2.27. The monoisotopic (exact) mass is 236 g/mol. The Morgan fingerprint density at radius 2 is 1.76 bits per heavy atom. The molecule has 0 amide bonds. The van der Waals surface area contributed by atoms with Gasteiger partial charge in [0.15, 0.2) is 0 Å². The zero-order valence-electron chi connectivity index (χ0n) is 10.2. The van der Waals surface area contributed by atoms with Gasteiger partial charge in [0.25, 0.3) is 0 Å². The molecule has 2 unspecified atom stereocenters. The molecule has 0 aromatic rings. The summed E-state index contributed by atoms with van der Waals surface area (Å²) in [5.41, 5.74) is 0. The minimum absolute atomic E-state index is 0.572. The molecule has 1 fully saturated rings. The summed E-state index contributed by atoms with van der Waals surface area (Å²) in [4.78, 5) is 27.2. The fourth-order valence-electron chi connectivity index (χ4n) is 2.67. The molecule has 1 saturated carbocycles. The number of hydrogen-bond acceptors (Lipinski definition) is 4. The Labute approximate surface area is 102 Å². The van der Waals surface area contributed by atoms with Gasteiger partial charge in [0.1, 0.15) is 0 Å². The second-order valence-electron chi connectivity index (χ2n) is 4.80. The summed E-state index contributed by atoms with van der Waals surface area (Å²) in [6, 6.07) is 0. The molecule has 17 heavy (non-hydrogen) atoms. The normalized spacial score (nSPS) is 23.5. The Bertz CT molecular complexity index is 305. The predicted octanol–water partition coefficient (Wildman–Crippen LogP) is 2.63. The smallest absolute Gasteiger partial charge is 0.211 e. The van der Waals surface area contributed by atoms with E-state index in [0.717, 1.165) is 18.8 Å². The van der Waals surface area contributed by atoms with Gasteiger partial charge >= 0.3 is 0 Å². The van der Waals surface area contributed by atoms with E-state index in [0.29, 0.717) is 19.0 Å². The van der Waals surface area contributed by atoms with Gasteiger partial charge in [-0.15, -0.1) is 0 Å². The summed E-state index contributed by atoms with van der Waals surface area (Å²) in [6.07, 6.45) is 11.4. The van der Waals surface area contributed by atoms with E-state index in [-0.39, 0.29) is 0 Å². The highest BCUT2D eigenvalue weighted by Gasteiger charge is 2.21. The van der Waals surface area contributed by atoms with Crippen molar-refractivity contribution in [3.8, 4) is 0 Å². The molecule has 0 aliphatic heterocycles. The minimum Gasteiger partial charge on any atom is -0.211 e. The van der Waals surface area contributed by atoms with Crippen molar-refractivity contribution in [2.24, 2.45) is 21.8 Å². The molecule has 0 N–H and O–H groups in total. The second kappa shape index (κ2) is 8.86. The van der Waals surface area contributed by atoms with Crippen molar-refractivity contribution in [2.45, 2.75) is 44.9 Å². The van der Waals surface area contributed by atoms with Crippen LogP contribution in [0.25, 0.3) is 0 Å². The highest BCUT2D eigenvalue weighted by molar-refractivity contribution is 5.33. The number of unbranched alkanes of at least 4 members (excludes halogenated alkanes) is 1. The van der Waals surface area contributed by atoms with Crippen LogP contribution in [0.4, 0.5) is 0 Å². The first-order chi connectivity index (χ1) is 8.36. The summed E-state index contributed by atoms with van der Waals surface area (Å²) in [5, 5.41) is 0. The highest BCUT2D eigenvalue weighted by atomic mass is 16.1. The van der Waals surface area contributed by atoms with Crippen LogP contribution in [0.1, 0.15) is 44.9 Å². The first kappa shape index (κ1) is 13.8. The van der Waals surface area contributed by atoms with Crippen LogP contribution in [0.15, 0.2) is 9.98 Å². The molecule has 4 heteroatoms. The van der Waals surface area contributed by atoms with Crippen molar-refractivity contribution in [3.05, 3.63) is 0 Å². The summed E-state index contributed by atoms with van der Waals surface area (Å²) >= 11 is 0. The molecule has 0 saturated heterocycles. The fourth-order valence-corrected chi connectivity index (χ4v) is 2.67. The Morgan fingerprint density at radius 3 is 2.53 bits per heavy atom. The van der Waals surface area contributed by atoms with Crippen LogP contribution < -0.4 is 0 Å². The van der Waals surface area contributed by atoms with Gasteiger partial charge in [-0.25, -0.2) is 19.6 Å². The van der Waals surface area contributed by atoms with Gasteiger partial charge in [-0.2, -0.15) is 0 Å². The molecule has 4 nitrogen and oxygen atoms in total. The van der Waals surface area contributed by atoms with Crippen molar-refractivity contribution in [1.29, 1.82) is 0 Å². The molecule has 94 valence electrons. The number of nitrogens with zero attached hydrogens (tertiary/aromatic N) is 2. The molecular formula is C13H20N2O2. The summed E-state index contributed by atoms with van der Waals surface area (Å²) in [7, 11) is 0. The van der Waals surface area contributed by atoms with Gasteiger partial charge in [0.05, 0.1) is 13.1 Å². The van der Waals surface area contributed by atoms with Gasteiger partial charge < -0.3 is 0 Å². The van der Waals surface area contributed by atoms with Crippen molar-refractivity contribution in [3.63, 3.8) is 0 Å². The third-order valence-corrected chi connectivity index (χ3v) is 3.50. The van der Waals surface area contributed by atoms with E-state index in [9.17, 15) is 9.59 Å². The number of hydrogen-bond donors (Lipinski definition) is 0. The molecule has 2 atom stereocenters. The number of carbonyl (C=O) groups excluding carboxylic acids is 2. The molecule has 0 aromatic carbocycles. The minimum atomic E-state index is 0.572. The van der Waals surface area contributed by atoms with E-state index in [2.05, 4.69) is 9.98 Å². The quantitative estimate of drug-likeness (QED) is 0.387. The molecule has 1 rings (SSSR count). The van der Waals surface area contributed by atoms with Crippen molar-refractivity contribution in [2.75, 3.05) is 13.1 Å². The maximum atomic E-state index is 10.1. The van der Waals surface area contributed by atoms with E-state index in [1.165, 1.54) is 32.1 Å².